The molecule has 1 aromatic carbocycles. The van der Waals surface area contributed by atoms with Gasteiger partial charge in [0.25, 0.3) is 0 Å². The van der Waals surface area contributed by atoms with E-state index in [9.17, 15) is 9.59 Å². The van der Waals surface area contributed by atoms with Crippen LogP contribution in [-0.2, 0) is 9.59 Å². The molecule has 6 nitrogen and oxygen atoms in total. The van der Waals surface area contributed by atoms with Gasteiger partial charge in [-0.3, -0.25) is 14.5 Å². The quantitative estimate of drug-likeness (QED) is 0.801. The molecule has 24 heavy (non-hydrogen) atoms. The fourth-order valence-corrected chi connectivity index (χ4v) is 2.83. The molecule has 132 valence electrons. The third-order valence-corrected chi connectivity index (χ3v) is 4.51. The summed E-state index contributed by atoms with van der Waals surface area (Å²) in [5.74, 6) is 0.576. The minimum absolute atomic E-state index is 0.0124. The fraction of sp³-hybridized carbons (Fsp3) is 0.556. The molecule has 2 amide bonds. The Hall–Kier alpha value is -2.08. The Morgan fingerprint density at radius 2 is 1.88 bits per heavy atom. The number of benzene rings is 1. The molecular formula is C18H27N3O3. The van der Waals surface area contributed by atoms with Crippen LogP contribution < -0.4 is 15.4 Å². The van der Waals surface area contributed by atoms with Gasteiger partial charge in [-0.2, -0.15) is 0 Å². The first kappa shape index (κ1) is 18.3. The minimum Gasteiger partial charge on any atom is -0.497 e. The topological polar surface area (TPSA) is 70.7 Å². The van der Waals surface area contributed by atoms with Gasteiger partial charge in [0.1, 0.15) is 5.75 Å². The van der Waals surface area contributed by atoms with Crippen molar-refractivity contribution in [3.8, 4) is 5.75 Å². The molecule has 0 bridgehead atoms. The van der Waals surface area contributed by atoms with Crippen LogP contribution >= 0.6 is 0 Å². The lowest BCUT2D eigenvalue weighted by atomic mass is 10.2. The van der Waals surface area contributed by atoms with Crippen molar-refractivity contribution < 1.29 is 14.3 Å². The molecule has 1 aromatic rings. The molecule has 1 fully saturated rings. The lowest BCUT2D eigenvalue weighted by molar-refractivity contribution is -0.127. The van der Waals surface area contributed by atoms with Crippen LogP contribution in [0.25, 0.3) is 0 Å². The van der Waals surface area contributed by atoms with Gasteiger partial charge in [0.15, 0.2) is 0 Å². The highest BCUT2D eigenvalue weighted by atomic mass is 16.5. The second-order valence-electron chi connectivity index (χ2n) is 6.36. The van der Waals surface area contributed by atoms with E-state index in [2.05, 4.69) is 10.6 Å². The summed E-state index contributed by atoms with van der Waals surface area (Å²) in [6.07, 6.45) is 4.47. The molecule has 0 spiro atoms. The standard InChI is InChI=1S/C18H27N3O3/c1-13(18(23)20-14-6-4-5-7-14)21(2)12-17(22)19-15-8-10-16(24-3)11-9-15/h8-11,13-14H,4-7,12H2,1-3H3,(H,19,22)(H,20,23)/t13-/m0/s1. The van der Waals surface area contributed by atoms with E-state index in [1.807, 2.05) is 6.92 Å². The Morgan fingerprint density at radius 1 is 1.25 bits per heavy atom. The van der Waals surface area contributed by atoms with Crippen LogP contribution in [0.3, 0.4) is 0 Å². The third-order valence-electron chi connectivity index (χ3n) is 4.51. The highest BCUT2D eigenvalue weighted by molar-refractivity contribution is 5.92. The number of carbonyl (C=O) groups excluding carboxylic acids is 2. The van der Waals surface area contributed by atoms with Gasteiger partial charge in [0.05, 0.1) is 19.7 Å². The van der Waals surface area contributed by atoms with E-state index in [1.54, 1.807) is 43.3 Å². The number of hydrogen-bond acceptors (Lipinski definition) is 4. The molecule has 0 saturated heterocycles. The number of ether oxygens (including phenoxy) is 1. The number of methoxy groups -OCH3 is 1. The van der Waals surface area contributed by atoms with E-state index < -0.39 is 0 Å². The van der Waals surface area contributed by atoms with Crippen LogP contribution in [-0.4, -0.2) is 49.5 Å². The highest BCUT2D eigenvalue weighted by Crippen LogP contribution is 2.18. The molecule has 1 saturated carbocycles. The van der Waals surface area contributed by atoms with E-state index in [0.29, 0.717) is 11.7 Å². The normalized spacial score (nSPS) is 16.0. The van der Waals surface area contributed by atoms with E-state index in [1.165, 1.54) is 12.8 Å². The highest BCUT2D eigenvalue weighted by Gasteiger charge is 2.24. The SMILES string of the molecule is COc1ccc(NC(=O)CN(C)[C@@H](C)C(=O)NC2CCCC2)cc1. The van der Waals surface area contributed by atoms with Gasteiger partial charge >= 0.3 is 0 Å². The Bertz CT molecular complexity index is 553. The summed E-state index contributed by atoms with van der Waals surface area (Å²) in [7, 11) is 3.38. The summed E-state index contributed by atoms with van der Waals surface area (Å²) in [4.78, 5) is 26.1. The number of hydrogen-bond donors (Lipinski definition) is 2. The van der Waals surface area contributed by atoms with Gasteiger partial charge in [-0.25, -0.2) is 0 Å². The first-order chi connectivity index (χ1) is 11.5. The molecule has 2 N–H and O–H groups in total. The van der Waals surface area contributed by atoms with E-state index in [-0.39, 0.29) is 24.4 Å². The number of nitrogens with zero attached hydrogens (tertiary/aromatic N) is 1. The minimum atomic E-state index is -0.341. The smallest absolute Gasteiger partial charge is 0.238 e. The van der Waals surface area contributed by atoms with E-state index >= 15 is 0 Å². The molecule has 2 rings (SSSR count). The number of rotatable bonds is 7. The molecule has 0 heterocycles. The van der Waals surface area contributed by atoms with Gasteiger partial charge in [-0.05, 0) is 51.1 Å². The van der Waals surface area contributed by atoms with Crippen molar-refractivity contribution in [2.45, 2.75) is 44.7 Å². The Morgan fingerprint density at radius 3 is 2.46 bits per heavy atom. The van der Waals surface area contributed by atoms with Crippen LogP contribution in [0.5, 0.6) is 5.75 Å². The Kier molecular flexibility index (Phi) is 6.61. The number of anilines is 1. The average molecular weight is 333 g/mol. The van der Waals surface area contributed by atoms with Crippen molar-refractivity contribution >= 4 is 17.5 Å². The predicted molar refractivity (Wildman–Crippen MR) is 94.1 cm³/mol. The van der Waals surface area contributed by atoms with Crippen molar-refractivity contribution in [3.05, 3.63) is 24.3 Å². The molecule has 1 atom stereocenters. The van der Waals surface area contributed by atoms with Crippen molar-refractivity contribution in [3.63, 3.8) is 0 Å². The molecule has 0 aliphatic heterocycles. The maximum atomic E-state index is 12.3. The van der Waals surface area contributed by atoms with Crippen molar-refractivity contribution in [2.75, 3.05) is 26.0 Å². The maximum absolute atomic E-state index is 12.3. The van der Waals surface area contributed by atoms with Gasteiger partial charge in [-0.15, -0.1) is 0 Å². The summed E-state index contributed by atoms with van der Waals surface area (Å²) in [6.45, 7) is 1.98. The fourth-order valence-electron chi connectivity index (χ4n) is 2.83. The van der Waals surface area contributed by atoms with Gasteiger partial charge < -0.3 is 15.4 Å². The van der Waals surface area contributed by atoms with E-state index in [0.717, 1.165) is 18.6 Å². The first-order valence-corrected chi connectivity index (χ1v) is 8.44. The van der Waals surface area contributed by atoms with Crippen molar-refractivity contribution in [2.24, 2.45) is 0 Å². The lowest BCUT2D eigenvalue weighted by Crippen LogP contribution is -2.48. The average Bonchev–Trinajstić information content (AvgIpc) is 3.07. The summed E-state index contributed by atoms with van der Waals surface area (Å²) >= 11 is 0. The van der Waals surface area contributed by atoms with Gasteiger partial charge in [0, 0.05) is 11.7 Å². The molecule has 1 aliphatic rings. The van der Waals surface area contributed by atoms with Crippen LogP contribution in [0.15, 0.2) is 24.3 Å². The Labute approximate surface area is 143 Å². The summed E-state index contributed by atoms with van der Waals surface area (Å²) < 4.78 is 5.09. The van der Waals surface area contributed by atoms with Crippen LogP contribution in [0.4, 0.5) is 5.69 Å². The van der Waals surface area contributed by atoms with Crippen molar-refractivity contribution in [1.82, 2.24) is 10.2 Å². The van der Waals surface area contributed by atoms with Crippen LogP contribution in [0.2, 0.25) is 0 Å². The van der Waals surface area contributed by atoms with E-state index in [4.69, 9.17) is 4.74 Å². The molecule has 0 radical (unpaired) electrons. The summed E-state index contributed by atoms with van der Waals surface area (Å²) in [6, 6.07) is 7.10. The van der Waals surface area contributed by atoms with Crippen LogP contribution in [0.1, 0.15) is 32.6 Å². The number of carbonyl (C=O) groups is 2. The largest absolute Gasteiger partial charge is 0.497 e. The zero-order valence-electron chi connectivity index (χ0n) is 14.7. The molecule has 6 heteroatoms. The maximum Gasteiger partial charge on any atom is 0.238 e. The molecular weight excluding hydrogens is 306 g/mol. The summed E-state index contributed by atoms with van der Waals surface area (Å²) in [5, 5.41) is 5.89. The number of nitrogens with one attached hydrogen (secondary N) is 2. The first-order valence-electron chi connectivity index (χ1n) is 8.44. The summed E-state index contributed by atoms with van der Waals surface area (Å²) in [5.41, 5.74) is 0.706. The van der Waals surface area contributed by atoms with Crippen molar-refractivity contribution in [1.29, 1.82) is 0 Å². The Balaban J connectivity index is 1.79. The molecule has 1 aliphatic carbocycles. The zero-order valence-corrected chi connectivity index (χ0v) is 14.7. The lowest BCUT2D eigenvalue weighted by Gasteiger charge is -2.25. The number of amides is 2. The molecule has 0 aromatic heterocycles. The second-order valence-corrected chi connectivity index (χ2v) is 6.36. The second kappa shape index (κ2) is 8.68. The van der Waals surface area contributed by atoms with Gasteiger partial charge in [0.2, 0.25) is 11.8 Å². The monoisotopic (exact) mass is 333 g/mol. The predicted octanol–water partition coefficient (Wildman–Crippen LogP) is 2.01. The van der Waals surface area contributed by atoms with Crippen LogP contribution in [0, 0.1) is 0 Å². The molecule has 0 unspecified atom stereocenters. The number of likely N-dealkylation sites (N-methyl/N-ethyl adjacent to an activating group) is 1. The zero-order chi connectivity index (χ0) is 17.5. The third kappa shape index (κ3) is 5.23. The van der Waals surface area contributed by atoms with Gasteiger partial charge in [-0.1, -0.05) is 12.8 Å².